The van der Waals surface area contributed by atoms with Crippen LogP contribution in [-0.4, -0.2) is 43.9 Å². The summed E-state index contributed by atoms with van der Waals surface area (Å²) < 4.78 is 6.86. The molecule has 0 aromatic rings. The predicted molar refractivity (Wildman–Crippen MR) is 58.1 cm³/mol. The van der Waals surface area contributed by atoms with Gasteiger partial charge in [-0.25, -0.2) is 0 Å². The molecule has 0 aromatic carbocycles. The Morgan fingerprint density at radius 2 is 1.79 bits per heavy atom. The Balaban J connectivity index is 2.10. The Morgan fingerprint density at radius 3 is 2.14 bits per heavy atom. The van der Waals surface area contributed by atoms with Gasteiger partial charge in [0.05, 0.1) is 39.4 Å². The molecule has 0 N–H and O–H groups in total. The molecular formula is C12H24NO+. The molecule has 1 saturated heterocycles. The fourth-order valence-corrected chi connectivity index (χ4v) is 3.02. The highest BCUT2D eigenvalue weighted by Gasteiger charge is 2.70. The third kappa shape index (κ3) is 1.31. The van der Waals surface area contributed by atoms with Crippen LogP contribution in [0.5, 0.6) is 0 Å². The number of fused-ring (bicyclic) bond motifs is 1. The quantitative estimate of drug-likeness (QED) is 0.488. The van der Waals surface area contributed by atoms with Crippen molar-refractivity contribution in [1.82, 2.24) is 0 Å². The van der Waals surface area contributed by atoms with E-state index < -0.39 is 0 Å². The lowest BCUT2D eigenvalue weighted by Crippen LogP contribution is -2.45. The predicted octanol–water partition coefficient (Wildman–Crippen LogP) is 1.90. The van der Waals surface area contributed by atoms with Crippen LogP contribution in [0.1, 0.15) is 27.2 Å². The maximum atomic E-state index is 5.79. The topological polar surface area (TPSA) is 12.5 Å². The smallest absolute Gasteiger partial charge is 0.0975 e. The van der Waals surface area contributed by atoms with Gasteiger partial charge in [0.15, 0.2) is 0 Å². The number of hydrogen-bond donors (Lipinski definition) is 0. The van der Waals surface area contributed by atoms with E-state index in [1.54, 1.807) is 0 Å². The maximum Gasteiger partial charge on any atom is 0.0975 e. The highest BCUT2D eigenvalue weighted by atomic mass is 16.6. The van der Waals surface area contributed by atoms with Crippen LogP contribution >= 0.6 is 0 Å². The average molecular weight is 198 g/mol. The summed E-state index contributed by atoms with van der Waals surface area (Å²) in [7, 11) is 6.84. The van der Waals surface area contributed by atoms with Crippen molar-refractivity contribution in [2.45, 2.75) is 38.9 Å². The van der Waals surface area contributed by atoms with Crippen LogP contribution in [0.4, 0.5) is 0 Å². The Morgan fingerprint density at radius 1 is 1.21 bits per heavy atom. The molecule has 0 amide bonds. The van der Waals surface area contributed by atoms with Crippen molar-refractivity contribution in [2.75, 3.05) is 27.7 Å². The van der Waals surface area contributed by atoms with E-state index in [1.807, 2.05) is 0 Å². The SMILES string of the molecule is CC1(C)[C@@H](C[N+](C)(C)C)C[C@@H]2O[C@@]21C. The second-order valence-corrected chi connectivity index (χ2v) is 6.84. The maximum absolute atomic E-state index is 5.79. The van der Waals surface area contributed by atoms with Crippen molar-refractivity contribution >= 4 is 0 Å². The largest absolute Gasteiger partial charge is 0.366 e. The molecule has 2 aliphatic rings. The second kappa shape index (κ2) is 2.53. The van der Waals surface area contributed by atoms with E-state index in [0.29, 0.717) is 11.5 Å². The number of hydrogen-bond acceptors (Lipinski definition) is 1. The first kappa shape index (κ1) is 10.4. The molecule has 2 rings (SSSR count). The van der Waals surface area contributed by atoms with E-state index in [0.717, 1.165) is 10.4 Å². The molecule has 2 nitrogen and oxygen atoms in total. The van der Waals surface area contributed by atoms with Crippen LogP contribution in [-0.2, 0) is 4.74 Å². The normalized spacial score (nSPS) is 45.0. The first-order valence-electron chi connectivity index (χ1n) is 5.65. The zero-order valence-corrected chi connectivity index (χ0v) is 10.4. The van der Waals surface area contributed by atoms with Gasteiger partial charge in [0.2, 0.25) is 0 Å². The monoisotopic (exact) mass is 198 g/mol. The van der Waals surface area contributed by atoms with E-state index in [-0.39, 0.29) is 5.60 Å². The molecule has 1 aliphatic carbocycles. The molecule has 0 bridgehead atoms. The van der Waals surface area contributed by atoms with Crippen LogP contribution in [0.2, 0.25) is 0 Å². The Hall–Kier alpha value is -0.0800. The third-order valence-electron chi connectivity index (χ3n) is 4.51. The minimum atomic E-state index is 0.187. The molecule has 1 aliphatic heterocycles. The van der Waals surface area contributed by atoms with Gasteiger partial charge >= 0.3 is 0 Å². The molecule has 82 valence electrons. The number of quaternary nitrogens is 1. The van der Waals surface area contributed by atoms with Crippen LogP contribution in [0.3, 0.4) is 0 Å². The van der Waals surface area contributed by atoms with Crippen molar-refractivity contribution in [2.24, 2.45) is 11.3 Å². The molecule has 0 aromatic heterocycles. The summed E-state index contributed by atoms with van der Waals surface area (Å²) in [6, 6.07) is 0. The van der Waals surface area contributed by atoms with Gasteiger partial charge in [0.1, 0.15) is 0 Å². The van der Waals surface area contributed by atoms with Crippen molar-refractivity contribution in [1.29, 1.82) is 0 Å². The third-order valence-corrected chi connectivity index (χ3v) is 4.51. The van der Waals surface area contributed by atoms with Gasteiger partial charge < -0.3 is 9.22 Å². The highest BCUT2D eigenvalue weighted by molar-refractivity contribution is 5.17. The van der Waals surface area contributed by atoms with E-state index in [9.17, 15) is 0 Å². The molecule has 1 heterocycles. The minimum Gasteiger partial charge on any atom is -0.366 e. The summed E-state index contributed by atoms with van der Waals surface area (Å²) in [5.74, 6) is 0.811. The summed E-state index contributed by atoms with van der Waals surface area (Å²) in [6.07, 6.45) is 1.81. The standard InChI is InChI=1S/C12H24NO/c1-11(2)9(8-13(4,5)6)7-10-12(11,3)14-10/h9-10H,7-8H2,1-6H3/q+1/t9-,10+,12+/m1/s1. The van der Waals surface area contributed by atoms with Crippen molar-refractivity contribution < 1.29 is 9.22 Å². The van der Waals surface area contributed by atoms with Gasteiger partial charge in [-0.15, -0.1) is 0 Å². The summed E-state index contributed by atoms with van der Waals surface area (Å²) in [5.41, 5.74) is 0.538. The van der Waals surface area contributed by atoms with Gasteiger partial charge in [-0.05, 0) is 13.3 Å². The van der Waals surface area contributed by atoms with Crippen molar-refractivity contribution in [3.63, 3.8) is 0 Å². The van der Waals surface area contributed by atoms with E-state index in [4.69, 9.17) is 4.74 Å². The van der Waals surface area contributed by atoms with Gasteiger partial charge in [0, 0.05) is 11.3 Å². The second-order valence-electron chi connectivity index (χ2n) is 6.84. The Bertz CT molecular complexity index is 254. The fraction of sp³-hybridized carbons (Fsp3) is 1.00. The van der Waals surface area contributed by atoms with E-state index >= 15 is 0 Å². The molecule has 0 unspecified atom stereocenters. The molecule has 3 atom stereocenters. The van der Waals surface area contributed by atoms with Gasteiger partial charge in [-0.1, -0.05) is 13.8 Å². The minimum absolute atomic E-state index is 0.187. The molecule has 0 radical (unpaired) electrons. The summed E-state index contributed by atoms with van der Waals surface area (Å²) in [5, 5.41) is 0. The zero-order chi connectivity index (χ0) is 10.8. The van der Waals surface area contributed by atoms with E-state index in [2.05, 4.69) is 41.9 Å². The lowest BCUT2D eigenvalue weighted by molar-refractivity contribution is -0.874. The molecule has 1 saturated carbocycles. The molecule has 14 heavy (non-hydrogen) atoms. The highest BCUT2D eigenvalue weighted by Crippen LogP contribution is 2.63. The fourth-order valence-electron chi connectivity index (χ4n) is 3.02. The van der Waals surface area contributed by atoms with Crippen molar-refractivity contribution in [3.05, 3.63) is 0 Å². The van der Waals surface area contributed by atoms with Crippen LogP contribution in [0, 0.1) is 11.3 Å². The Kier molecular flexibility index (Phi) is 1.89. The lowest BCUT2D eigenvalue weighted by atomic mass is 9.74. The van der Waals surface area contributed by atoms with Gasteiger partial charge in [-0.2, -0.15) is 0 Å². The first-order chi connectivity index (χ1) is 6.17. The Labute approximate surface area is 87.8 Å². The van der Waals surface area contributed by atoms with Crippen LogP contribution in [0.15, 0.2) is 0 Å². The number of epoxide rings is 1. The summed E-state index contributed by atoms with van der Waals surface area (Å²) in [4.78, 5) is 0. The van der Waals surface area contributed by atoms with Gasteiger partial charge in [0.25, 0.3) is 0 Å². The molecule has 2 fully saturated rings. The first-order valence-corrected chi connectivity index (χ1v) is 5.65. The van der Waals surface area contributed by atoms with E-state index in [1.165, 1.54) is 13.0 Å². The number of rotatable bonds is 2. The van der Waals surface area contributed by atoms with Gasteiger partial charge in [-0.3, -0.25) is 0 Å². The average Bonchev–Trinajstić information content (AvgIpc) is 2.54. The summed E-state index contributed by atoms with van der Waals surface area (Å²) in [6.45, 7) is 8.30. The summed E-state index contributed by atoms with van der Waals surface area (Å²) >= 11 is 0. The zero-order valence-electron chi connectivity index (χ0n) is 10.4. The molecule has 2 heteroatoms. The van der Waals surface area contributed by atoms with Crippen molar-refractivity contribution in [3.8, 4) is 0 Å². The molecule has 0 spiro atoms. The van der Waals surface area contributed by atoms with Crippen LogP contribution < -0.4 is 0 Å². The molecular weight excluding hydrogens is 174 g/mol. The number of nitrogens with zero attached hydrogens (tertiary/aromatic N) is 1. The lowest BCUT2D eigenvalue weighted by Gasteiger charge is -2.37. The number of ether oxygens (including phenoxy) is 1. The van der Waals surface area contributed by atoms with Crippen LogP contribution in [0.25, 0.3) is 0 Å².